The highest BCUT2D eigenvalue weighted by Crippen LogP contribution is 2.27. The number of ether oxygens (including phenoxy) is 1. The first-order valence-electron chi connectivity index (χ1n) is 11.8. The summed E-state index contributed by atoms with van der Waals surface area (Å²) in [4.78, 5) is 20.2. The minimum atomic E-state index is 0.139. The third kappa shape index (κ3) is 5.13. The van der Waals surface area contributed by atoms with Crippen LogP contribution in [-0.4, -0.2) is 78.6 Å². The summed E-state index contributed by atoms with van der Waals surface area (Å²) in [5, 5.41) is 0. The zero-order chi connectivity index (χ0) is 20.1. The summed E-state index contributed by atoms with van der Waals surface area (Å²) in [5.41, 5.74) is 0.740. The minimum absolute atomic E-state index is 0.139. The number of amides is 1. The topological polar surface area (TPSA) is 36.0 Å². The molecule has 3 saturated heterocycles. The molecule has 29 heavy (non-hydrogen) atoms. The summed E-state index contributed by atoms with van der Waals surface area (Å²) in [5.74, 6) is 0.915. The predicted molar refractivity (Wildman–Crippen MR) is 117 cm³/mol. The molecular formula is C24H37N3O2. The molecule has 0 atom stereocenters. The van der Waals surface area contributed by atoms with Crippen LogP contribution < -0.4 is 4.74 Å². The number of carbonyl (C=O) groups is 1. The quantitative estimate of drug-likeness (QED) is 0.757. The second-order valence-corrected chi connectivity index (χ2v) is 8.87. The number of nitrogens with zero attached hydrogens (tertiary/aromatic N) is 3. The van der Waals surface area contributed by atoms with Gasteiger partial charge in [0.15, 0.2) is 0 Å². The fourth-order valence-electron chi connectivity index (χ4n) is 5.15. The molecule has 160 valence electrons. The highest BCUT2D eigenvalue weighted by molar-refractivity contribution is 5.97. The normalized spacial score (nSPS) is 23.3. The number of para-hydroxylation sites is 1. The Balaban J connectivity index is 1.31. The predicted octanol–water partition coefficient (Wildman–Crippen LogP) is 3.64. The zero-order valence-electron chi connectivity index (χ0n) is 18.0. The van der Waals surface area contributed by atoms with Crippen LogP contribution in [0.1, 0.15) is 62.2 Å². The molecule has 0 radical (unpaired) electrons. The van der Waals surface area contributed by atoms with Crippen LogP contribution in [0.4, 0.5) is 0 Å². The molecule has 0 spiro atoms. The van der Waals surface area contributed by atoms with E-state index in [1.807, 2.05) is 29.2 Å². The molecular weight excluding hydrogens is 362 g/mol. The fraction of sp³-hybridized carbons (Fsp3) is 0.708. The van der Waals surface area contributed by atoms with Gasteiger partial charge < -0.3 is 19.4 Å². The van der Waals surface area contributed by atoms with Gasteiger partial charge in [0.1, 0.15) is 11.9 Å². The number of likely N-dealkylation sites (tertiary alicyclic amines) is 3. The average Bonchev–Trinajstić information content (AvgIpc) is 2.80. The van der Waals surface area contributed by atoms with E-state index in [-0.39, 0.29) is 12.0 Å². The van der Waals surface area contributed by atoms with Crippen molar-refractivity contribution < 1.29 is 9.53 Å². The molecule has 1 aromatic rings. The number of piperidine rings is 3. The zero-order valence-corrected chi connectivity index (χ0v) is 18.0. The summed E-state index contributed by atoms with van der Waals surface area (Å²) in [6.07, 6.45) is 8.39. The third-order valence-corrected chi connectivity index (χ3v) is 7.05. The molecule has 0 bridgehead atoms. The van der Waals surface area contributed by atoms with Crippen LogP contribution in [0.5, 0.6) is 5.75 Å². The van der Waals surface area contributed by atoms with Crippen LogP contribution in [0.2, 0.25) is 0 Å². The van der Waals surface area contributed by atoms with E-state index >= 15 is 0 Å². The lowest BCUT2D eigenvalue weighted by molar-refractivity contribution is 0.0483. The van der Waals surface area contributed by atoms with Crippen LogP contribution in [0.25, 0.3) is 0 Å². The third-order valence-electron chi connectivity index (χ3n) is 7.05. The molecule has 0 aromatic heterocycles. The minimum Gasteiger partial charge on any atom is -0.489 e. The van der Waals surface area contributed by atoms with Crippen LogP contribution >= 0.6 is 0 Å². The van der Waals surface area contributed by atoms with Crippen LogP contribution in [0.3, 0.4) is 0 Å². The van der Waals surface area contributed by atoms with Crippen LogP contribution in [-0.2, 0) is 0 Å². The van der Waals surface area contributed by atoms with Gasteiger partial charge in [-0.3, -0.25) is 4.79 Å². The lowest BCUT2D eigenvalue weighted by Crippen LogP contribution is -2.49. The van der Waals surface area contributed by atoms with Gasteiger partial charge in [-0.1, -0.05) is 19.1 Å². The molecule has 3 aliphatic heterocycles. The second-order valence-electron chi connectivity index (χ2n) is 8.87. The van der Waals surface area contributed by atoms with E-state index in [0.717, 1.165) is 69.2 Å². The Morgan fingerprint density at radius 3 is 2.31 bits per heavy atom. The molecule has 0 N–H and O–H groups in total. The van der Waals surface area contributed by atoms with Crippen LogP contribution in [0.15, 0.2) is 24.3 Å². The molecule has 1 amide bonds. The van der Waals surface area contributed by atoms with E-state index in [4.69, 9.17) is 4.74 Å². The van der Waals surface area contributed by atoms with E-state index in [1.165, 1.54) is 38.9 Å². The lowest BCUT2D eigenvalue weighted by atomic mass is 9.99. The Morgan fingerprint density at radius 2 is 1.62 bits per heavy atom. The molecule has 0 aliphatic carbocycles. The highest BCUT2D eigenvalue weighted by Gasteiger charge is 2.29. The van der Waals surface area contributed by atoms with Crippen molar-refractivity contribution in [2.75, 3.05) is 45.8 Å². The number of carbonyl (C=O) groups excluding carboxylic acids is 1. The van der Waals surface area contributed by atoms with Crippen molar-refractivity contribution in [3.8, 4) is 5.75 Å². The van der Waals surface area contributed by atoms with Gasteiger partial charge in [-0.15, -0.1) is 0 Å². The maximum absolute atomic E-state index is 13.0. The summed E-state index contributed by atoms with van der Waals surface area (Å²) in [6, 6.07) is 8.59. The first-order chi connectivity index (χ1) is 14.2. The molecule has 3 aliphatic rings. The number of hydrogen-bond donors (Lipinski definition) is 0. The van der Waals surface area contributed by atoms with Gasteiger partial charge in [0.05, 0.1) is 5.56 Å². The maximum atomic E-state index is 13.0. The molecule has 4 rings (SSSR count). The van der Waals surface area contributed by atoms with E-state index < -0.39 is 0 Å². The summed E-state index contributed by atoms with van der Waals surface area (Å²) in [6.45, 7) is 9.90. The smallest absolute Gasteiger partial charge is 0.257 e. The molecule has 0 saturated carbocycles. The summed E-state index contributed by atoms with van der Waals surface area (Å²) >= 11 is 0. The molecule has 5 nitrogen and oxygen atoms in total. The van der Waals surface area contributed by atoms with Gasteiger partial charge in [-0.25, -0.2) is 0 Å². The van der Waals surface area contributed by atoms with Crippen molar-refractivity contribution in [3.63, 3.8) is 0 Å². The van der Waals surface area contributed by atoms with Gasteiger partial charge in [0.25, 0.3) is 5.91 Å². The average molecular weight is 400 g/mol. The van der Waals surface area contributed by atoms with Crippen molar-refractivity contribution in [1.29, 1.82) is 0 Å². The number of rotatable bonds is 5. The van der Waals surface area contributed by atoms with E-state index in [9.17, 15) is 4.79 Å². The van der Waals surface area contributed by atoms with Crippen molar-refractivity contribution in [3.05, 3.63) is 29.8 Å². The van der Waals surface area contributed by atoms with Crippen molar-refractivity contribution >= 4 is 5.91 Å². The molecule has 0 unspecified atom stereocenters. The molecule has 3 heterocycles. The Morgan fingerprint density at radius 1 is 0.931 bits per heavy atom. The van der Waals surface area contributed by atoms with Crippen molar-refractivity contribution in [1.82, 2.24) is 14.7 Å². The Hall–Kier alpha value is -1.59. The summed E-state index contributed by atoms with van der Waals surface area (Å²) < 4.78 is 6.39. The first-order valence-corrected chi connectivity index (χ1v) is 11.8. The Kier molecular flexibility index (Phi) is 7.09. The van der Waals surface area contributed by atoms with E-state index in [0.29, 0.717) is 0 Å². The molecule has 3 fully saturated rings. The lowest BCUT2D eigenvalue weighted by Gasteiger charge is -2.41. The van der Waals surface area contributed by atoms with Crippen molar-refractivity contribution in [2.24, 2.45) is 0 Å². The Bertz CT molecular complexity index is 658. The highest BCUT2D eigenvalue weighted by atomic mass is 16.5. The Labute approximate surface area is 176 Å². The second kappa shape index (κ2) is 9.94. The molecule has 1 aromatic carbocycles. The first kappa shape index (κ1) is 20.7. The monoisotopic (exact) mass is 399 g/mol. The largest absolute Gasteiger partial charge is 0.489 e. The van der Waals surface area contributed by atoms with Gasteiger partial charge >= 0.3 is 0 Å². The van der Waals surface area contributed by atoms with Gasteiger partial charge in [0, 0.05) is 32.2 Å². The number of benzene rings is 1. The van der Waals surface area contributed by atoms with E-state index in [2.05, 4.69) is 16.7 Å². The molecule has 5 heteroatoms. The van der Waals surface area contributed by atoms with Crippen LogP contribution in [0, 0.1) is 0 Å². The standard InChI is InChI=1S/C24H37N3O2/c1-2-25-16-10-20(11-17-25)26-18-12-21(13-19-26)29-23-9-5-4-8-22(23)24(28)27-14-6-3-7-15-27/h4-5,8-9,20-21H,2-3,6-7,10-19H2,1H3. The van der Waals surface area contributed by atoms with Crippen molar-refractivity contribution in [2.45, 2.75) is 64.0 Å². The SMILES string of the molecule is CCN1CCC(N2CCC(Oc3ccccc3C(=O)N3CCCCC3)CC2)CC1. The van der Waals surface area contributed by atoms with Gasteiger partial charge in [-0.2, -0.15) is 0 Å². The number of hydrogen-bond acceptors (Lipinski definition) is 4. The van der Waals surface area contributed by atoms with E-state index in [1.54, 1.807) is 0 Å². The summed E-state index contributed by atoms with van der Waals surface area (Å²) in [7, 11) is 0. The fourth-order valence-corrected chi connectivity index (χ4v) is 5.15. The van der Waals surface area contributed by atoms with Gasteiger partial charge in [-0.05, 0) is 76.7 Å². The maximum Gasteiger partial charge on any atom is 0.257 e. The van der Waals surface area contributed by atoms with Gasteiger partial charge in [0.2, 0.25) is 0 Å².